The predicted octanol–water partition coefficient (Wildman–Crippen LogP) is 3.56. The van der Waals surface area contributed by atoms with Crippen molar-refractivity contribution in [1.29, 1.82) is 0 Å². The summed E-state index contributed by atoms with van der Waals surface area (Å²) in [5, 5.41) is 4.62. The lowest BCUT2D eigenvalue weighted by molar-refractivity contribution is -0.0300. The number of ether oxygens (including phenoxy) is 2. The van der Waals surface area contributed by atoms with Crippen LogP contribution < -0.4 is 0 Å². The first kappa shape index (κ1) is 16.0. The van der Waals surface area contributed by atoms with Gasteiger partial charge in [-0.2, -0.15) is 5.10 Å². The Morgan fingerprint density at radius 2 is 2.17 bits per heavy atom. The van der Waals surface area contributed by atoms with Crippen molar-refractivity contribution in [2.75, 3.05) is 13.2 Å². The molecule has 2 aromatic rings. The number of aromatic nitrogens is 2. The topological polar surface area (TPSA) is 53.4 Å². The molecule has 0 saturated carbocycles. The Balaban J connectivity index is 1.74. The lowest BCUT2D eigenvalue weighted by Gasteiger charge is -2.22. The molecule has 1 atom stereocenters. The summed E-state index contributed by atoms with van der Waals surface area (Å²) < 4.78 is 12.5. The van der Waals surface area contributed by atoms with E-state index >= 15 is 0 Å². The Kier molecular flexibility index (Phi) is 4.98. The maximum Gasteiger partial charge on any atom is 0.343 e. The van der Waals surface area contributed by atoms with E-state index in [9.17, 15) is 4.79 Å². The number of hydrogen-bond donors (Lipinski definition) is 0. The van der Waals surface area contributed by atoms with Crippen LogP contribution in [-0.2, 0) is 9.47 Å². The number of aryl methyl sites for hydroxylation is 1. The number of nitrogens with zero attached hydrogens (tertiary/aromatic N) is 2. The molecular weight excluding hydrogens is 316 g/mol. The Labute approximate surface area is 140 Å². The summed E-state index contributed by atoms with van der Waals surface area (Å²) in [6.07, 6.45) is 3.08. The van der Waals surface area contributed by atoms with E-state index in [-0.39, 0.29) is 17.9 Å². The normalized spacial score (nSPS) is 17.9. The second kappa shape index (κ2) is 7.15. The van der Waals surface area contributed by atoms with Gasteiger partial charge in [0.1, 0.15) is 17.3 Å². The smallest absolute Gasteiger partial charge is 0.343 e. The molecule has 1 fully saturated rings. The first-order valence-electron chi connectivity index (χ1n) is 7.76. The molecular formula is C17H19ClN2O3. The van der Waals surface area contributed by atoms with Crippen LogP contribution in [0, 0.1) is 6.92 Å². The molecule has 1 unspecified atom stereocenters. The van der Waals surface area contributed by atoms with Gasteiger partial charge in [0.15, 0.2) is 0 Å². The van der Waals surface area contributed by atoms with Crippen molar-refractivity contribution in [2.45, 2.75) is 32.3 Å². The van der Waals surface area contributed by atoms with Gasteiger partial charge in [-0.3, -0.25) is 0 Å². The summed E-state index contributed by atoms with van der Waals surface area (Å²) in [5.41, 5.74) is 1.66. The van der Waals surface area contributed by atoms with E-state index in [2.05, 4.69) is 5.10 Å². The van der Waals surface area contributed by atoms with Gasteiger partial charge in [0.25, 0.3) is 0 Å². The van der Waals surface area contributed by atoms with Gasteiger partial charge in [-0.05, 0) is 38.3 Å². The van der Waals surface area contributed by atoms with E-state index < -0.39 is 5.97 Å². The minimum absolute atomic E-state index is 0.0176. The summed E-state index contributed by atoms with van der Waals surface area (Å²) in [7, 11) is 0. The van der Waals surface area contributed by atoms with Gasteiger partial charge in [0, 0.05) is 6.61 Å². The quantitative estimate of drug-likeness (QED) is 0.802. The number of rotatable bonds is 4. The van der Waals surface area contributed by atoms with Crippen LogP contribution in [0.3, 0.4) is 0 Å². The Morgan fingerprint density at radius 3 is 2.87 bits per heavy atom. The SMILES string of the molecule is Cc1nn(-c2ccccc2)c(Cl)c1C(=O)OCC1CCCCO1. The highest BCUT2D eigenvalue weighted by Crippen LogP contribution is 2.24. The van der Waals surface area contributed by atoms with E-state index in [1.165, 1.54) is 0 Å². The van der Waals surface area contributed by atoms with Crippen molar-refractivity contribution in [2.24, 2.45) is 0 Å². The van der Waals surface area contributed by atoms with Gasteiger partial charge in [0.05, 0.1) is 17.5 Å². The minimum atomic E-state index is -0.455. The van der Waals surface area contributed by atoms with Crippen molar-refractivity contribution < 1.29 is 14.3 Å². The van der Waals surface area contributed by atoms with Crippen LogP contribution in [0.2, 0.25) is 5.15 Å². The largest absolute Gasteiger partial charge is 0.459 e. The van der Waals surface area contributed by atoms with Gasteiger partial charge in [-0.15, -0.1) is 0 Å². The Morgan fingerprint density at radius 1 is 1.39 bits per heavy atom. The maximum absolute atomic E-state index is 12.4. The van der Waals surface area contributed by atoms with Crippen molar-refractivity contribution in [3.05, 3.63) is 46.7 Å². The molecule has 2 heterocycles. The number of esters is 1. The summed E-state index contributed by atoms with van der Waals surface area (Å²) in [4.78, 5) is 12.4. The van der Waals surface area contributed by atoms with Crippen LogP contribution in [0.15, 0.2) is 30.3 Å². The minimum Gasteiger partial charge on any atom is -0.459 e. The van der Waals surface area contributed by atoms with Gasteiger partial charge in [0.2, 0.25) is 0 Å². The van der Waals surface area contributed by atoms with Crippen LogP contribution in [-0.4, -0.2) is 35.1 Å². The molecule has 0 amide bonds. The molecule has 3 rings (SSSR count). The molecule has 122 valence electrons. The van der Waals surface area contributed by atoms with Crippen molar-refractivity contribution in [3.63, 3.8) is 0 Å². The van der Waals surface area contributed by atoms with Gasteiger partial charge < -0.3 is 9.47 Å². The zero-order valence-electron chi connectivity index (χ0n) is 13.0. The van der Waals surface area contributed by atoms with E-state index in [1.807, 2.05) is 30.3 Å². The number of hydrogen-bond acceptors (Lipinski definition) is 4. The van der Waals surface area contributed by atoms with Crippen molar-refractivity contribution >= 4 is 17.6 Å². The van der Waals surface area contributed by atoms with E-state index in [1.54, 1.807) is 11.6 Å². The first-order valence-corrected chi connectivity index (χ1v) is 8.14. The molecule has 0 N–H and O–H groups in total. The summed E-state index contributed by atoms with van der Waals surface area (Å²) in [6.45, 7) is 2.73. The lowest BCUT2D eigenvalue weighted by atomic mass is 10.1. The zero-order chi connectivity index (χ0) is 16.2. The number of carbonyl (C=O) groups is 1. The number of para-hydroxylation sites is 1. The molecule has 6 heteroatoms. The third-order valence-corrected chi connectivity index (χ3v) is 4.23. The fourth-order valence-electron chi connectivity index (χ4n) is 2.65. The standard InChI is InChI=1S/C17H19ClN2O3/c1-12-15(17(21)23-11-14-9-5-6-10-22-14)16(18)20(19-12)13-7-3-2-4-8-13/h2-4,7-8,14H,5-6,9-11H2,1H3. The molecule has 1 aliphatic heterocycles. The van der Waals surface area contributed by atoms with E-state index in [4.69, 9.17) is 21.1 Å². The highest BCUT2D eigenvalue weighted by Gasteiger charge is 2.24. The Hall–Kier alpha value is -1.85. The molecule has 1 aliphatic rings. The molecule has 5 nitrogen and oxygen atoms in total. The molecule has 0 radical (unpaired) electrons. The highest BCUT2D eigenvalue weighted by atomic mass is 35.5. The van der Waals surface area contributed by atoms with Crippen LogP contribution in [0.4, 0.5) is 0 Å². The predicted molar refractivity (Wildman–Crippen MR) is 87.2 cm³/mol. The Bertz CT molecular complexity index is 679. The van der Waals surface area contributed by atoms with Crippen LogP contribution in [0.5, 0.6) is 0 Å². The molecule has 0 aliphatic carbocycles. The van der Waals surface area contributed by atoms with Crippen molar-refractivity contribution in [1.82, 2.24) is 9.78 Å². The molecule has 1 aromatic heterocycles. The molecule has 1 aromatic carbocycles. The summed E-state index contributed by atoms with van der Waals surface area (Å²) in [5.74, 6) is -0.455. The number of benzene rings is 1. The van der Waals surface area contributed by atoms with E-state index in [0.717, 1.165) is 31.6 Å². The summed E-state index contributed by atoms with van der Waals surface area (Å²) >= 11 is 6.35. The number of halogens is 1. The van der Waals surface area contributed by atoms with Crippen LogP contribution >= 0.6 is 11.6 Å². The second-order valence-electron chi connectivity index (χ2n) is 5.59. The van der Waals surface area contributed by atoms with E-state index in [0.29, 0.717) is 11.3 Å². The molecule has 0 bridgehead atoms. The fourth-order valence-corrected chi connectivity index (χ4v) is 3.00. The van der Waals surface area contributed by atoms with Crippen LogP contribution in [0.25, 0.3) is 5.69 Å². The van der Waals surface area contributed by atoms with Crippen molar-refractivity contribution in [3.8, 4) is 5.69 Å². The maximum atomic E-state index is 12.4. The van der Waals surface area contributed by atoms with Gasteiger partial charge in [-0.1, -0.05) is 29.8 Å². The second-order valence-corrected chi connectivity index (χ2v) is 5.94. The third kappa shape index (κ3) is 3.57. The van der Waals surface area contributed by atoms with Gasteiger partial charge in [-0.25, -0.2) is 9.48 Å². The summed E-state index contributed by atoms with van der Waals surface area (Å²) in [6, 6.07) is 9.45. The molecule has 1 saturated heterocycles. The average molecular weight is 335 g/mol. The fraction of sp³-hybridized carbons (Fsp3) is 0.412. The first-order chi connectivity index (χ1) is 11.2. The number of carbonyl (C=O) groups excluding carboxylic acids is 1. The average Bonchev–Trinajstić information content (AvgIpc) is 2.89. The zero-order valence-corrected chi connectivity index (χ0v) is 13.8. The highest BCUT2D eigenvalue weighted by molar-refractivity contribution is 6.33. The van der Waals surface area contributed by atoms with Gasteiger partial charge >= 0.3 is 5.97 Å². The monoisotopic (exact) mass is 334 g/mol. The third-order valence-electron chi connectivity index (χ3n) is 3.88. The molecule has 23 heavy (non-hydrogen) atoms. The van der Waals surface area contributed by atoms with Crippen LogP contribution in [0.1, 0.15) is 35.3 Å². The lowest BCUT2D eigenvalue weighted by Crippen LogP contribution is -2.26. The molecule has 0 spiro atoms.